The molecule has 2 N–H and O–H groups in total. The quantitative estimate of drug-likeness (QED) is 0.681. The Labute approximate surface area is 89.4 Å². The highest BCUT2D eigenvalue weighted by Gasteiger charge is 2.31. The van der Waals surface area contributed by atoms with Gasteiger partial charge in [-0.1, -0.05) is 20.8 Å². The molecule has 0 unspecified atom stereocenters. The van der Waals surface area contributed by atoms with Crippen LogP contribution in [0.15, 0.2) is 0 Å². The molecule has 5 heteroatoms. The summed E-state index contributed by atoms with van der Waals surface area (Å²) in [6, 6.07) is -0.557. The number of carbonyl (C=O) groups is 2. The van der Waals surface area contributed by atoms with Crippen molar-refractivity contribution in [1.29, 1.82) is 0 Å². The first-order chi connectivity index (χ1) is 6.32. The predicted octanol–water partition coefficient (Wildman–Crippen LogP) is 0.502. The maximum absolute atomic E-state index is 11.4. The summed E-state index contributed by atoms with van der Waals surface area (Å²) in [7, 11) is 1.54. The number of halogens is 1. The van der Waals surface area contributed by atoms with E-state index in [-0.39, 0.29) is 23.1 Å². The van der Waals surface area contributed by atoms with Gasteiger partial charge in [-0.3, -0.25) is 9.59 Å². The molecular formula is C9H17ClN2O2. The van der Waals surface area contributed by atoms with Gasteiger partial charge in [-0.15, -0.1) is 11.6 Å². The van der Waals surface area contributed by atoms with Crippen LogP contribution in [0.4, 0.5) is 0 Å². The van der Waals surface area contributed by atoms with E-state index in [1.54, 1.807) is 0 Å². The SMILES string of the molecule is CNC(=O)[C@H](NC(=O)CCl)C(C)(C)C. The zero-order chi connectivity index (χ0) is 11.4. The van der Waals surface area contributed by atoms with Crippen molar-refractivity contribution in [3.63, 3.8) is 0 Å². The molecule has 0 radical (unpaired) electrons. The fourth-order valence-electron chi connectivity index (χ4n) is 1.02. The standard InChI is InChI=1S/C9H17ClN2O2/c1-9(2,3)7(8(14)11-4)12-6(13)5-10/h7H,5H2,1-4H3,(H,11,14)(H,12,13)/t7-/m0/s1. The summed E-state index contributed by atoms with van der Waals surface area (Å²) >= 11 is 5.35. The van der Waals surface area contributed by atoms with Crippen LogP contribution in [-0.4, -0.2) is 30.8 Å². The lowest BCUT2D eigenvalue weighted by Crippen LogP contribution is -2.53. The van der Waals surface area contributed by atoms with Gasteiger partial charge in [0, 0.05) is 7.05 Å². The highest BCUT2D eigenvalue weighted by molar-refractivity contribution is 6.27. The largest absolute Gasteiger partial charge is 0.357 e. The Kier molecular flexibility index (Phi) is 4.91. The molecule has 0 rings (SSSR count). The van der Waals surface area contributed by atoms with Crippen LogP contribution in [0, 0.1) is 5.41 Å². The molecule has 0 bridgehead atoms. The fourth-order valence-corrected chi connectivity index (χ4v) is 1.10. The molecule has 0 aromatic heterocycles. The number of nitrogens with one attached hydrogen (secondary N) is 2. The Morgan fingerprint density at radius 1 is 1.36 bits per heavy atom. The number of alkyl halides is 1. The first kappa shape index (κ1) is 13.2. The second kappa shape index (κ2) is 5.20. The van der Waals surface area contributed by atoms with Crippen LogP contribution >= 0.6 is 11.6 Å². The minimum atomic E-state index is -0.557. The monoisotopic (exact) mass is 220 g/mol. The minimum Gasteiger partial charge on any atom is -0.357 e. The van der Waals surface area contributed by atoms with Crippen LogP contribution in [-0.2, 0) is 9.59 Å². The summed E-state index contributed by atoms with van der Waals surface area (Å²) in [4.78, 5) is 22.5. The third kappa shape index (κ3) is 3.96. The van der Waals surface area contributed by atoms with E-state index in [9.17, 15) is 9.59 Å². The van der Waals surface area contributed by atoms with Gasteiger partial charge in [0.1, 0.15) is 11.9 Å². The van der Waals surface area contributed by atoms with Crippen LogP contribution in [0.2, 0.25) is 0 Å². The van der Waals surface area contributed by atoms with Crippen molar-refractivity contribution in [2.24, 2.45) is 5.41 Å². The molecule has 0 spiro atoms. The molecule has 0 aromatic carbocycles. The summed E-state index contributed by atoms with van der Waals surface area (Å²) in [6.45, 7) is 5.63. The topological polar surface area (TPSA) is 58.2 Å². The molecule has 0 aliphatic carbocycles. The maximum Gasteiger partial charge on any atom is 0.242 e. The van der Waals surface area contributed by atoms with Gasteiger partial charge < -0.3 is 10.6 Å². The molecule has 1 atom stereocenters. The molecule has 0 aliphatic heterocycles. The van der Waals surface area contributed by atoms with Crippen molar-refractivity contribution < 1.29 is 9.59 Å². The third-order valence-corrected chi connectivity index (χ3v) is 2.04. The molecular weight excluding hydrogens is 204 g/mol. The Bertz CT molecular complexity index is 223. The predicted molar refractivity (Wildman–Crippen MR) is 56.2 cm³/mol. The van der Waals surface area contributed by atoms with Crippen LogP contribution in [0.3, 0.4) is 0 Å². The Balaban J connectivity index is 4.58. The number of rotatable bonds is 3. The first-order valence-corrected chi connectivity index (χ1v) is 4.93. The molecule has 0 saturated carbocycles. The molecule has 0 saturated heterocycles. The van der Waals surface area contributed by atoms with Gasteiger partial charge in [-0.05, 0) is 5.41 Å². The van der Waals surface area contributed by atoms with Crippen LogP contribution in [0.25, 0.3) is 0 Å². The Hall–Kier alpha value is -0.770. The van der Waals surface area contributed by atoms with E-state index in [0.717, 1.165) is 0 Å². The van der Waals surface area contributed by atoms with Gasteiger partial charge in [0.05, 0.1) is 0 Å². The number of hydrogen-bond donors (Lipinski definition) is 2. The van der Waals surface area contributed by atoms with Crippen molar-refractivity contribution in [3.05, 3.63) is 0 Å². The summed E-state index contributed by atoms with van der Waals surface area (Å²) in [5.41, 5.74) is -0.332. The Morgan fingerprint density at radius 3 is 2.14 bits per heavy atom. The lowest BCUT2D eigenvalue weighted by Gasteiger charge is -2.29. The number of carbonyl (C=O) groups excluding carboxylic acids is 2. The zero-order valence-electron chi connectivity index (χ0n) is 8.98. The lowest BCUT2D eigenvalue weighted by atomic mass is 9.86. The van der Waals surface area contributed by atoms with E-state index >= 15 is 0 Å². The summed E-state index contributed by atoms with van der Waals surface area (Å²) < 4.78 is 0. The average Bonchev–Trinajstić information content (AvgIpc) is 2.10. The van der Waals surface area contributed by atoms with Gasteiger partial charge in [0.15, 0.2) is 0 Å². The van der Waals surface area contributed by atoms with Crippen LogP contribution in [0.5, 0.6) is 0 Å². The van der Waals surface area contributed by atoms with Crippen molar-refractivity contribution >= 4 is 23.4 Å². The van der Waals surface area contributed by atoms with E-state index in [0.29, 0.717) is 0 Å². The molecule has 0 fully saturated rings. The highest BCUT2D eigenvalue weighted by atomic mass is 35.5. The van der Waals surface area contributed by atoms with Gasteiger partial charge in [0.2, 0.25) is 11.8 Å². The average molecular weight is 221 g/mol. The normalized spacial score (nSPS) is 13.2. The highest BCUT2D eigenvalue weighted by Crippen LogP contribution is 2.19. The summed E-state index contributed by atoms with van der Waals surface area (Å²) in [5, 5.41) is 5.08. The second-order valence-electron chi connectivity index (χ2n) is 4.11. The van der Waals surface area contributed by atoms with E-state index in [1.807, 2.05) is 20.8 Å². The van der Waals surface area contributed by atoms with Crippen LogP contribution in [0.1, 0.15) is 20.8 Å². The molecule has 0 heterocycles. The lowest BCUT2D eigenvalue weighted by molar-refractivity contribution is -0.130. The van der Waals surface area contributed by atoms with Gasteiger partial charge in [-0.2, -0.15) is 0 Å². The molecule has 14 heavy (non-hydrogen) atoms. The summed E-state index contributed by atoms with van der Waals surface area (Å²) in [6.07, 6.45) is 0. The molecule has 82 valence electrons. The minimum absolute atomic E-state index is 0.135. The van der Waals surface area contributed by atoms with Gasteiger partial charge in [0.25, 0.3) is 0 Å². The van der Waals surface area contributed by atoms with Crippen LogP contribution < -0.4 is 10.6 Å². The summed E-state index contributed by atoms with van der Waals surface area (Å²) in [5.74, 6) is -0.685. The number of amides is 2. The van der Waals surface area contributed by atoms with Gasteiger partial charge in [-0.25, -0.2) is 0 Å². The number of hydrogen-bond acceptors (Lipinski definition) is 2. The van der Waals surface area contributed by atoms with Crippen molar-refractivity contribution in [3.8, 4) is 0 Å². The third-order valence-electron chi connectivity index (χ3n) is 1.80. The van der Waals surface area contributed by atoms with E-state index in [4.69, 9.17) is 11.6 Å². The van der Waals surface area contributed by atoms with Crippen molar-refractivity contribution in [2.75, 3.05) is 12.9 Å². The Morgan fingerprint density at radius 2 is 1.86 bits per heavy atom. The number of likely N-dealkylation sites (N-methyl/N-ethyl adjacent to an activating group) is 1. The molecule has 0 aliphatic rings. The second-order valence-corrected chi connectivity index (χ2v) is 4.38. The smallest absolute Gasteiger partial charge is 0.242 e. The van der Waals surface area contributed by atoms with Gasteiger partial charge >= 0.3 is 0 Å². The van der Waals surface area contributed by atoms with E-state index in [1.165, 1.54) is 7.05 Å². The molecule has 2 amide bonds. The fraction of sp³-hybridized carbons (Fsp3) is 0.778. The molecule has 0 aromatic rings. The van der Waals surface area contributed by atoms with Crippen molar-refractivity contribution in [1.82, 2.24) is 10.6 Å². The van der Waals surface area contributed by atoms with E-state index in [2.05, 4.69) is 10.6 Å². The first-order valence-electron chi connectivity index (χ1n) is 4.40. The van der Waals surface area contributed by atoms with E-state index < -0.39 is 6.04 Å². The molecule has 4 nitrogen and oxygen atoms in total. The van der Waals surface area contributed by atoms with Crippen molar-refractivity contribution in [2.45, 2.75) is 26.8 Å². The maximum atomic E-state index is 11.4. The zero-order valence-corrected chi connectivity index (χ0v) is 9.73.